The Morgan fingerprint density at radius 3 is 2.43 bits per heavy atom. The van der Waals surface area contributed by atoms with Gasteiger partial charge in [0.2, 0.25) is 0 Å². The highest BCUT2D eigenvalue weighted by atomic mass is 19.2. The molecule has 0 bridgehead atoms. The van der Waals surface area contributed by atoms with E-state index in [1.807, 2.05) is 0 Å². The van der Waals surface area contributed by atoms with E-state index in [0.717, 1.165) is 7.11 Å². The number of hydrogen-bond acceptors (Lipinski definition) is 3. The third kappa shape index (κ3) is 1.50. The van der Waals surface area contributed by atoms with Crippen molar-refractivity contribution in [3.8, 4) is 0 Å². The van der Waals surface area contributed by atoms with Gasteiger partial charge >= 0.3 is 5.97 Å². The zero-order chi connectivity index (χ0) is 10.9. The predicted octanol–water partition coefficient (Wildman–Crippen LogP) is 1.47. The van der Waals surface area contributed by atoms with Gasteiger partial charge in [-0.05, 0) is 0 Å². The Balaban J connectivity index is 3.44. The van der Waals surface area contributed by atoms with Crippen LogP contribution < -0.4 is 5.73 Å². The van der Waals surface area contributed by atoms with E-state index in [-0.39, 0.29) is 0 Å². The van der Waals surface area contributed by atoms with Crippen molar-refractivity contribution in [1.29, 1.82) is 0 Å². The van der Waals surface area contributed by atoms with Crippen molar-refractivity contribution in [2.45, 2.75) is 0 Å². The van der Waals surface area contributed by atoms with Gasteiger partial charge in [-0.2, -0.15) is 0 Å². The van der Waals surface area contributed by atoms with Gasteiger partial charge in [0.25, 0.3) is 0 Å². The van der Waals surface area contributed by atoms with Crippen molar-refractivity contribution in [1.82, 2.24) is 0 Å². The number of carbonyl (C=O) groups is 1. The highest BCUT2D eigenvalue weighted by molar-refractivity contribution is 5.95. The molecule has 0 saturated heterocycles. The van der Waals surface area contributed by atoms with Crippen LogP contribution in [0.5, 0.6) is 0 Å². The second kappa shape index (κ2) is 3.57. The number of hydrogen-bond donors (Lipinski definition) is 1. The van der Waals surface area contributed by atoms with Crippen LogP contribution in [0.25, 0.3) is 0 Å². The van der Waals surface area contributed by atoms with E-state index in [1.54, 1.807) is 0 Å². The number of benzene rings is 1. The summed E-state index contributed by atoms with van der Waals surface area (Å²) in [5, 5.41) is 0. The smallest absolute Gasteiger partial charge is 0.343 e. The summed E-state index contributed by atoms with van der Waals surface area (Å²) in [5.41, 5.74) is 3.81. The number of ether oxygens (including phenoxy) is 1. The van der Waals surface area contributed by atoms with Crippen LogP contribution >= 0.6 is 0 Å². The van der Waals surface area contributed by atoms with Crippen LogP contribution in [0.15, 0.2) is 6.07 Å². The van der Waals surface area contributed by atoms with Crippen LogP contribution in [0.2, 0.25) is 0 Å². The molecule has 14 heavy (non-hydrogen) atoms. The molecule has 1 aromatic rings. The number of methoxy groups -OCH3 is 1. The van der Waals surface area contributed by atoms with Gasteiger partial charge in [-0.25, -0.2) is 18.0 Å². The lowest BCUT2D eigenvalue weighted by Crippen LogP contribution is -2.11. The number of anilines is 1. The lowest BCUT2D eigenvalue weighted by Gasteiger charge is -2.05. The molecule has 0 aromatic heterocycles. The largest absolute Gasteiger partial charge is 0.465 e. The molecule has 1 aromatic carbocycles. The fraction of sp³-hybridized carbons (Fsp3) is 0.125. The minimum atomic E-state index is -1.75. The van der Waals surface area contributed by atoms with E-state index in [1.165, 1.54) is 0 Å². The van der Waals surface area contributed by atoms with E-state index in [2.05, 4.69) is 4.74 Å². The molecule has 1 rings (SSSR count). The van der Waals surface area contributed by atoms with Crippen molar-refractivity contribution in [2.75, 3.05) is 12.8 Å². The summed E-state index contributed by atoms with van der Waals surface area (Å²) in [7, 11) is 0.975. The van der Waals surface area contributed by atoms with E-state index in [0.29, 0.717) is 6.07 Å². The maximum Gasteiger partial charge on any atom is 0.343 e. The number of rotatable bonds is 1. The Labute approximate surface area is 77.3 Å². The van der Waals surface area contributed by atoms with Crippen LogP contribution in [-0.4, -0.2) is 13.1 Å². The van der Waals surface area contributed by atoms with E-state index < -0.39 is 34.7 Å². The molecule has 0 amide bonds. The second-order valence-corrected chi connectivity index (χ2v) is 2.44. The van der Waals surface area contributed by atoms with Crippen molar-refractivity contribution in [3.05, 3.63) is 29.1 Å². The highest BCUT2D eigenvalue weighted by Gasteiger charge is 2.22. The molecule has 0 aliphatic carbocycles. The van der Waals surface area contributed by atoms with Gasteiger partial charge in [-0.15, -0.1) is 0 Å². The van der Waals surface area contributed by atoms with E-state index in [9.17, 15) is 18.0 Å². The maximum atomic E-state index is 13.0. The number of nitrogens with two attached hydrogens (primary N) is 1. The van der Waals surface area contributed by atoms with Gasteiger partial charge in [-0.3, -0.25) is 0 Å². The molecule has 0 aliphatic rings. The minimum absolute atomic E-state index is 0.506. The van der Waals surface area contributed by atoms with Gasteiger partial charge in [0.1, 0.15) is 5.56 Å². The first-order valence-electron chi connectivity index (χ1n) is 3.50. The summed E-state index contributed by atoms with van der Waals surface area (Å²) in [6.07, 6.45) is 0. The molecule has 76 valence electrons. The first-order chi connectivity index (χ1) is 6.49. The fourth-order valence-corrected chi connectivity index (χ4v) is 0.923. The lowest BCUT2D eigenvalue weighted by molar-refractivity contribution is 0.0595. The Hall–Kier alpha value is -1.72. The maximum absolute atomic E-state index is 13.0. The molecular formula is C8H6F3NO2. The topological polar surface area (TPSA) is 52.3 Å². The van der Waals surface area contributed by atoms with Gasteiger partial charge in [-0.1, -0.05) is 0 Å². The minimum Gasteiger partial charge on any atom is -0.465 e. The molecule has 3 nitrogen and oxygen atoms in total. The summed E-state index contributed by atoms with van der Waals surface area (Å²) in [6, 6.07) is 0.519. The van der Waals surface area contributed by atoms with Crippen LogP contribution in [0.4, 0.5) is 18.9 Å². The van der Waals surface area contributed by atoms with Crippen LogP contribution in [0.1, 0.15) is 10.4 Å². The van der Waals surface area contributed by atoms with Gasteiger partial charge in [0.05, 0.1) is 12.8 Å². The zero-order valence-electron chi connectivity index (χ0n) is 7.11. The summed E-state index contributed by atoms with van der Waals surface area (Å²) in [4.78, 5) is 10.9. The number of esters is 1. The van der Waals surface area contributed by atoms with Crippen molar-refractivity contribution >= 4 is 11.7 Å². The number of nitrogen functional groups attached to an aromatic ring is 1. The van der Waals surface area contributed by atoms with E-state index >= 15 is 0 Å². The average molecular weight is 205 g/mol. The number of carbonyl (C=O) groups excluding carboxylic acids is 1. The van der Waals surface area contributed by atoms with Crippen LogP contribution in [-0.2, 0) is 4.74 Å². The number of halogens is 3. The van der Waals surface area contributed by atoms with Crippen molar-refractivity contribution < 1.29 is 22.7 Å². The molecule has 0 fully saturated rings. The van der Waals surface area contributed by atoms with Crippen LogP contribution in [0, 0.1) is 17.5 Å². The Morgan fingerprint density at radius 1 is 1.36 bits per heavy atom. The summed E-state index contributed by atoms with van der Waals surface area (Å²) < 4.78 is 42.3. The lowest BCUT2D eigenvalue weighted by atomic mass is 10.1. The molecule has 0 heterocycles. The molecule has 0 saturated carbocycles. The van der Waals surface area contributed by atoms with Crippen molar-refractivity contribution in [2.24, 2.45) is 0 Å². The van der Waals surface area contributed by atoms with Gasteiger partial charge in [0, 0.05) is 6.07 Å². The molecule has 2 N–H and O–H groups in total. The molecule has 0 spiro atoms. The third-order valence-corrected chi connectivity index (χ3v) is 1.58. The average Bonchev–Trinajstić information content (AvgIpc) is 2.14. The molecule has 0 aliphatic heterocycles. The van der Waals surface area contributed by atoms with E-state index in [4.69, 9.17) is 5.73 Å². The summed E-state index contributed by atoms with van der Waals surface area (Å²) in [5.74, 6) is -6.00. The van der Waals surface area contributed by atoms with Gasteiger partial charge < -0.3 is 10.5 Å². The predicted molar refractivity (Wildman–Crippen MR) is 42.1 cm³/mol. The molecule has 0 unspecified atom stereocenters. The highest BCUT2D eigenvalue weighted by Crippen LogP contribution is 2.22. The standard InChI is InChI=1S/C8H6F3NO2/c1-14-8(13)5-4(12)2-3(9)6(10)7(5)11/h2H,12H2,1H3. The first-order valence-corrected chi connectivity index (χ1v) is 3.50. The second-order valence-electron chi connectivity index (χ2n) is 2.44. The third-order valence-electron chi connectivity index (χ3n) is 1.58. The monoisotopic (exact) mass is 205 g/mol. The quantitative estimate of drug-likeness (QED) is 0.429. The first kappa shape index (κ1) is 10.4. The Bertz CT molecular complexity index is 393. The van der Waals surface area contributed by atoms with Gasteiger partial charge in [0.15, 0.2) is 17.5 Å². The normalized spacial score (nSPS) is 10.0. The summed E-state index contributed by atoms with van der Waals surface area (Å²) >= 11 is 0. The molecule has 0 radical (unpaired) electrons. The van der Waals surface area contributed by atoms with Crippen molar-refractivity contribution in [3.63, 3.8) is 0 Å². The Morgan fingerprint density at radius 2 is 1.93 bits per heavy atom. The molecule has 6 heteroatoms. The zero-order valence-corrected chi connectivity index (χ0v) is 7.11. The summed E-state index contributed by atoms with van der Waals surface area (Å²) in [6.45, 7) is 0. The Kier molecular flexibility index (Phi) is 2.64. The fourth-order valence-electron chi connectivity index (χ4n) is 0.923. The molecule has 0 atom stereocenters. The SMILES string of the molecule is COC(=O)c1c(N)cc(F)c(F)c1F. The van der Waals surface area contributed by atoms with Crippen LogP contribution in [0.3, 0.4) is 0 Å². The molecular weight excluding hydrogens is 199 g/mol.